The fourth-order valence-electron chi connectivity index (χ4n) is 4.41. The van der Waals surface area contributed by atoms with Gasteiger partial charge in [-0.25, -0.2) is 19.6 Å². The number of hydrogen-bond acceptors (Lipinski definition) is 6. The van der Waals surface area contributed by atoms with Crippen molar-refractivity contribution in [1.82, 2.24) is 9.97 Å². The van der Waals surface area contributed by atoms with Crippen LogP contribution in [0.4, 0.5) is 48.5 Å². The number of alkyl halides is 6. The molecule has 2 amide bonds. The molecule has 0 unspecified atom stereocenters. The topological polar surface area (TPSA) is 87.7 Å². The number of hydrogen-bond donors (Lipinski definition) is 1. The lowest BCUT2D eigenvalue weighted by molar-refractivity contribution is -0.204. The predicted molar refractivity (Wildman–Crippen MR) is 122 cm³/mol. The number of esters is 1. The van der Waals surface area contributed by atoms with E-state index >= 15 is 0 Å². The molecule has 1 fully saturated rings. The van der Waals surface area contributed by atoms with Crippen LogP contribution >= 0.6 is 0 Å². The summed E-state index contributed by atoms with van der Waals surface area (Å²) in [7, 11) is 0. The average Bonchev–Trinajstić information content (AvgIpc) is 3.21. The van der Waals surface area contributed by atoms with Crippen molar-refractivity contribution in [3.05, 3.63) is 66.4 Å². The van der Waals surface area contributed by atoms with Gasteiger partial charge in [-0.1, -0.05) is 18.2 Å². The second-order valence-electron chi connectivity index (χ2n) is 8.55. The Morgan fingerprint density at radius 3 is 2.45 bits per heavy atom. The summed E-state index contributed by atoms with van der Waals surface area (Å²) in [6.45, 7) is -0.125. The summed E-state index contributed by atoms with van der Waals surface area (Å²) >= 11 is 0. The van der Waals surface area contributed by atoms with Crippen molar-refractivity contribution in [2.75, 3.05) is 28.2 Å². The average molecular weight is 537 g/mol. The van der Waals surface area contributed by atoms with Crippen LogP contribution in [-0.4, -0.2) is 53.4 Å². The van der Waals surface area contributed by atoms with Crippen molar-refractivity contribution in [2.24, 2.45) is 0 Å². The van der Waals surface area contributed by atoms with Crippen LogP contribution in [-0.2, 0) is 15.7 Å². The Hall–Kier alpha value is -4.36. The lowest BCUT2D eigenvalue weighted by Gasteiger charge is -2.36. The molecular weight excluding hydrogens is 520 g/mol. The number of ether oxygens (including phenoxy) is 1. The molecule has 2 atom stereocenters. The molecule has 1 saturated heterocycles. The zero-order valence-corrected chi connectivity index (χ0v) is 19.1. The summed E-state index contributed by atoms with van der Waals surface area (Å²) < 4.78 is 83.3. The van der Waals surface area contributed by atoms with Crippen molar-refractivity contribution in [1.29, 1.82) is 0 Å². The van der Waals surface area contributed by atoms with E-state index in [2.05, 4.69) is 15.3 Å². The first-order chi connectivity index (χ1) is 17.9. The highest BCUT2D eigenvalue weighted by Crippen LogP contribution is 2.42. The number of amides is 2. The van der Waals surface area contributed by atoms with E-state index in [9.17, 15) is 35.9 Å². The first-order valence-corrected chi connectivity index (χ1v) is 11.1. The Bertz CT molecular complexity index is 1380. The third-order valence-electron chi connectivity index (χ3n) is 6.09. The molecule has 8 nitrogen and oxygen atoms in total. The summed E-state index contributed by atoms with van der Waals surface area (Å²) in [5, 5.41) is 2.53. The summed E-state index contributed by atoms with van der Waals surface area (Å²) in [5.41, 5.74) is -0.363. The summed E-state index contributed by atoms with van der Waals surface area (Å²) in [6, 6.07) is 10.2. The summed E-state index contributed by atoms with van der Waals surface area (Å²) in [6.07, 6.45) is -9.78. The summed E-state index contributed by atoms with van der Waals surface area (Å²) in [5.74, 6) is -2.28. The van der Waals surface area contributed by atoms with Crippen LogP contribution in [0.3, 0.4) is 0 Å². The molecule has 2 aliphatic heterocycles. The molecular formula is C24H17F6N5O3. The van der Waals surface area contributed by atoms with Gasteiger partial charge in [0.05, 0.1) is 29.5 Å². The smallest absolute Gasteiger partial charge is 0.452 e. The quantitative estimate of drug-likeness (QED) is 0.379. The highest BCUT2D eigenvalue weighted by Gasteiger charge is 2.51. The SMILES string of the molecule is O=C(Nc1ccccn1)N1c2nc(-c3cccc(C(F)(F)F)c3)ccc2N2C[C@@H]1[C@H](OC(=O)C(F)(F)F)C2. The third kappa shape index (κ3) is 4.80. The van der Waals surface area contributed by atoms with Crippen molar-refractivity contribution < 1.29 is 40.7 Å². The molecule has 1 N–H and O–H groups in total. The number of carbonyl (C=O) groups excluding carboxylic acids is 2. The number of fused-ring (bicyclic) bond motifs is 4. The van der Waals surface area contributed by atoms with E-state index in [-0.39, 0.29) is 36.0 Å². The van der Waals surface area contributed by atoms with Crippen molar-refractivity contribution in [3.63, 3.8) is 0 Å². The van der Waals surface area contributed by atoms with E-state index in [1.807, 2.05) is 0 Å². The minimum absolute atomic E-state index is 0.0184. The fourth-order valence-corrected chi connectivity index (χ4v) is 4.41. The van der Waals surface area contributed by atoms with Crippen molar-refractivity contribution >= 4 is 29.3 Å². The standard InChI is InChI=1S/C24H17F6N5O3/c25-23(26,27)14-5-3-4-13(10-14)15-7-8-16-20(32-15)35(22(37)33-19-6-1-2-9-31-19)17-11-34(16)12-18(17)38-21(36)24(28,29)30/h1-10,17-18H,11-12H2,(H,31,33,37)/t17-,18-/m1/s1. The third-order valence-corrected chi connectivity index (χ3v) is 6.09. The van der Waals surface area contributed by atoms with Gasteiger partial charge < -0.3 is 9.64 Å². The van der Waals surface area contributed by atoms with Gasteiger partial charge in [0.2, 0.25) is 0 Å². The number of benzene rings is 1. The Morgan fingerprint density at radius 1 is 0.974 bits per heavy atom. The van der Waals surface area contributed by atoms with Gasteiger partial charge in [-0.3, -0.25) is 10.2 Å². The minimum atomic E-state index is -5.24. The minimum Gasteiger partial charge on any atom is -0.452 e. The number of halogens is 6. The van der Waals surface area contributed by atoms with Crippen LogP contribution in [0.1, 0.15) is 5.56 Å². The van der Waals surface area contributed by atoms with Gasteiger partial charge >= 0.3 is 24.4 Å². The van der Waals surface area contributed by atoms with E-state index in [0.717, 1.165) is 17.0 Å². The largest absolute Gasteiger partial charge is 0.490 e. The maximum Gasteiger partial charge on any atom is 0.490 e. The predicted octanol–water partition coefficient (Wildman–Crippen LogP) is 4.88. The fraction of sp³-hybridized carbons (Fsp3) is 0.250. The van der Waals surface area contributed by atoms with Crippen LogP contribution in [0, 0.1) is 0 Å². The van der Waals surface area contributed by atoms with Crippen molar-refractivity contribution in [2.45, 2.75) is 24.5 Å². The van der Waals surface area contributed by atoms with Gasteiger partial charge in [0.15, 0.2) is 5.82 Å². The number of carbonyl (C=O) groups is 2. The number of rotatable bonds is 3. The lowest BCUT2D eigenvalue weighted by atomic mass is 10.1. The first-order valence-electron chi connectivity index (χ1n) is 11.1. The van der Waals surface area contributed by atoms with Crippen LogP contribution in [0.5, 0.6) is 0 Å². The molecule has 198 valence electrons. The molecule has 3 aromatic rings. The number of urea groups is 1. The maximum atomic E-state index is 13.4. The monoisotopic (exact) mass is 537 g/mol. The number of anilines is 3. The van der Waals surface area contributed by atoms with Crippen LogP contribution in [0.15, 0.2) is 60.8 Å². The molecule has 2 bridgehead atoms. The van der Waals surface area contributed by atoms with Gasteiger partial charge in [-0.15, -0.1) is 0 Å². The zero-order valence-electron chi connectivity index (χ0n) is 19.1. The van der Waals surface area contributed by atoms with E-state index in [1.165, 1.54) is 36.5 Å². The molecule has 0 aliphatic carbocycles. The molecule has 38 heavy (non-hydrogen) atoms. The zero-order chi connectivity index (χ0) is 27.2. The van der Waals surface area contributed by atoms with Crippen LogP contribution < -0.4 is 15.1 Å². The Labute approximate surface area is 210 Å². The molecule has 0 spiro atoms. The molecule has 0 saturated carbocycles. The number of nitrogens with zero attached hydrogens (tertiary/aromatic N) is 4. The Balaban J connectivity index is 1.55. The van der Waals surface area contributed by atoms with Gasteiger partial charge in [0.25, 0.3) is 0 Å². The Kier molecular flexibility index (Phi) is 6.12. The molecule has 1 aromatic carbocycles. The number of aromatic nitrogens is 2. The molecule has 14 heteroatoms. The number of pyridine rings is 2. The normalized spacial score (nSPS) is 18.7. The molecule has 4 heterocycles. The first kappa shape index (κ1) is 25.3. The highest BCUT2D eigenvalue weighted by atomic mass is 19.4. The maximum absolute atomic E-state index is 13.4. The molecule has 5 rings (SSSR count). The molecule has 0 radical (unpaired) electrons. The van der Waals surface area contributed by atoms with Crippen LogP contribution in [0.2, 0.25) is 0 Å². The van der Waals surface area contributed by atoms with Gasteiger partial charge in [-0.2, -0.15) is 26.3 Å². The second kappa shape index (κ2) is 9.19. The van der Waals surface area contributed by atoms with E-state index < -0.39 is 42.1 Å². The van der Waals surface area contributed by atoms with E-state index in [1.54, 1.807) is 17.0 Å². The van der Waals surface area contributed by atoms with Gasteiger partial charge in [0.1, 0.15) is 11.9 Å². The van der Waals surface area contributed by atoms with Crippen LogP contribution in [0.25, 0.3) is 11.3 Å². The highest BCUT2D eigenvalue weighted by molar-refractivity contribution is 6.04. The molecule has 2 aromatic heterocycles. The van der Waals surface area contributed by atoms with Gasteiger partial charge in [-0.05, 0) is 36.4 Å². The Morgan fingerprint density at radius 2 is 1.76 bits per heavy atom. The molecule has 2 aliphatic rings. The lowest BCUT2D eigenvalue weighted by Crippen LogP contribution is -2.52. The van der Waals surface area contributed by atoms with E-state index in [0.29, 0.717) is 5.69 Å². The van der Waals surface area contributed by atoms with Gasteiger partial charge in [0, 0.05) is 18.3 Å². The van der Waals surface area contributed by atoms with E-state index in [4.69, 9.17) is 4.74 Å². The van der Waals surface area contributed by atoms with Crippen molar-refractivity contribution in [3.8, 4) is 11.3 Å². The second-order valence-corrected chi connectivity index (χ2v) is 8.55. The summed E-state index contributed by atoms with van der Waals surface area (Å²) in [4.78, 5) is 36.1. The number of nitrogens with one attached hydrogen (secondary N) is 1.